The second-order valence-corrected chi connectivity index (χ2v) is 6.15. The van der Waals surface area contributed by atoms with Crippen LogP contribution < -0.4 is 20.1 Å². The van der Waals surface area contributed by atoms with Gasteiger partial charge in [0.05, 0.1) is 14.2 Å². The van der Waals surface area contributed by atoms with Gasteiger partial charge in [-0.1, -0.05) is 6.92 Å². The molecule has 0 saturated heterocycles. The standard InChI is InChI=1S/C18H25N3O2S/c1-5-19-18(20-11-13(2)14-8-9-24-12-14)21-15-6-7-16(22-3)17(10-15)23-4/h6-10,12-13H,5,11H2,1-4H3,(H2,19,20,21). The Hall–Kier alpha value is -2.21. The van der Waals surface area contributed by atoms with Gasteiger partial charge in [0, 0.05) is 30.8 Å². The van der Waals surface area contributed by atoms with Crippen LogP contribution in [0.3, 0.4) is 0 Å². The van der Waals surface area contributed by atoms with Gasteiger partial charge in [0.25, 0.3) is 0 Å². The predicted molar refractivity (Wildman–Crippen MR) is 102 cm³/mol. The van der Waals surface area contributed by atoms with Crippen LogP contribution in [-0.2, 0) is 0 Å². The zero-order chi connectivity index (χ0) is 17.4. The van der Waals surface area contributed by atoms with Crippen LogP contribution in [0, 0.1) is 0 Å². The van der Waals surface area contributed by atoms with Gasteiger partial charge in [-0.2, -0.15) is 11.3 Å². The van der Waals surface area contributed by atoms with Crippen LogP contribution in [0.5, 0.6) is 11.5 Å². The molecule has 0 fully saturated rings. The van der Waals surface area contributed by atoms with E-state index >= 15 is 0 Å². The summed E-state index contributed by atoms with van der Waals surface area (Å²) in [7, 11) is 3.26. The highest BCUT2D eigenvalue weighted by atomic mass is 32.1. The molecule has 1 aromatic carbocycles. The van der Waals surface area contributed by atoms with E-state index < -0.39 is 0 Å². The molecule has 0 saturated carbocycles. The van der Waals surface area contributed by atoms with Crippen LogP contribution in [0.25, 0.3) is 0 Å². The number of benzene rings is 1. The molecule has 0 radical (unpaired) electrons. The highest BCUT2D eigenvalue weighted by Crippen LogP contribution is 2.29. The van der Waals surface area contributed by atoms with Crippen molar-refractivity contribution in [2.24, 2.45) is 4.99 Å². The van der Waals surface area contributed by atoms with E-state index in [2.05, 4.69) is 39.4 Å². The van der Waals surface area contributed by atoms with Crippen molar-refractivity contribution >= 4 is 23.0 Å². The van der Waals surface area contributed by atoms with Crippen LogP contribution in [0.2, 0.25) is 0 Å². The first-order valence-electron chi connectivity index (χ1n) is 7.97. The van der Waals surface area contributed by atoms with E-state index in [-0.39, 0.29) is 0 Å². The number of thiophene rings is 1. The largest absolute Gasteiger partial charge is 0.493 e. The second-order valence-electron chi connectivity index (χ2n) is 5.37. The molecule has 24 heavy (non-hydrogen) atoms. The van der Waals surface area contributed by atoms with Crippen molar-refractivity contribution in [3.05, 3.63) is 40.6 Å². The van der Waals surface area contributed by atoms with E-state index in [0.717, 1.165) is 24.7 Å². The first kappa shape index (κ1) is 18.1. The number of aliphatic imine (C=N–C) groups is 1. The summed E-state index contributed by atoms with van der Waals surface area (Å²) in [4.78, 5) is 4.69. The fourth-order valence-corrected chi connectivity index (χ4v) is 3.03. The van der Waals surface area contributed by atoms with Crippen LogP contribution in [-0.4, -0.2) is 33.3 Å². The molecule has 0 bridgehead atoms. The molecule has 2 aromatic rings. The quantitative estimate of drug-likeness (QED) is 0.588. The molecule has 1 heterocycles. The average molecular weight is 347 g/mol. The normalized spacial score (nSPS) is 12.6. The third kappa shape index (κ3) is 4.89. The maximum absolute atomic E-state index is 5.34. The van der Waals surface area contributed by atoms with Crippen molar-refractivity contribution in [2.45, 2.75) is 19.8 Å². The highest BCUT2D eigenvalue weighted by Gasteiger charge is 2.08. The molecule has 1 unspecified atom stereocenters. The predicted octanol–water partition coefficient (Wildman–Crippen LogP) is 3.95. The van der Waals surface area contributed by atoms with Crippen molar-refractivity contribution in [3.63, 3.8) is 0 Å². The minimum Gasteiger partial charge on any atom is -0.493 e. The molecule has 1 aromatic heterocycles. The molecule has 0 aliphatic rings. The van der Waals surface area contributed by atoms with Crippen LogP contribution in [0.4, 0.5) is 5.69 Å². The number of anilines is 1. The fraction of sp³-hybridized carbons (Fsp3) is 0.389. The van der Waals surface area contributed by atoms with Gasteiger partial charge in [-0.25, -0.2) is 0 Å². The smallest absolute Gasteiger partial charge is 0.195 e. The number of methoxy groups -OCH3 is 2. The zero-order valence-electron chi connectivity index (χ0n) is 14.6. The molecular formula is C18H25N3O2S. The Morgan fingerprint density at radius 2 is 2.00 bits per heavy atom. The lowest BCUT2D eigenvalue weighted by atomic mass is 10.1. The van der Waals surface area contributed by atoms with Crippen molar-refractivity contribution < 1.29 is 9.47 Å². The van der Waals surface area contributed by atoms with Gasteiger partial charge in [-0.3, -0.25) is 4.99 Å². The minimum absolute atomic E-state index is 0.386. The van der Waals surface area contributed by atoms with Gasteiger partial charge in [-0.05, 0) is 41.4 Å². The minimum atomic E-state index is 0.386. The van der Waals surface area contributed by atoms with Crippen molar-refractivity contribution in [2.75, 3.05) is 32.6 Å². The van der Waals surface area contributed by atoms with Gasteiger partial charge in [0.15, 0.2) is 17.5 Å². The Bertz CT molecular complexity index is 656. The molecule has 0 aliphatic heterocycles. The summed E-state index contributed by atoms with van der Waals surface area (Å²) in [5.74, 6) is 2.53. The molecule has 2 rings (SSSR count). The number of ether oxygens (including phenoxy) is 2. The lowest BCUT2D eigenvalue weighted by Crippen LogP contribution is -2.31. The van der Waals surface area contributed by atoms with Crippen LogP contribution >= 0.6 is 11.3 Å². The number of nitrogens with one attached hydrogen (secondary N) is 2. The maximum Gasteiger partial charge on any atom is 0.195 e. The molecule has 1 atom stereocenters. The Kier molecular flexibility index (Phi) is 6.93. The monoisotopic (exact) mass is 347 g/mol. The first-order valence-corrected chi connectivity index (χ1v) is 8.91. The number of guanidine groups is 1. The van der Waals surface area contributed by atoms with Crippen molar-refractivity contribution in [3.8, 4) is 11.5 Å². The Labute approximate surface area is 147 Å². The fourth-order valence-electron chi connectivity index (χ4n) is 2.25. The second kappa shape index (κ2) is 9.17. The number of hydrogen-bond acceptors (Lipinski definition) is 4. The molecule has 0 aliphatic carbocycles. The SMILES string of the molecule is CCNC(=NCC(C)c1ccsc1)Nc1ccc(OC)c(OC)c1. The van der Waals surface area contributed by atoms with Crippen molar-refractivity contribution in [1.29, 1.82) is 0 Å². The number of nitrogens with zero attached hydrogens (tertiary/aromatic N) is 1. The third-order valence-electron chi connectivity index (χ3n) is 3.63. The number of hydrogen-bond donors (Lipinski definition) is 2. The van der Waals surface area contributed by atoms with E-state index in [0.29, 0.717) is 17.4 Å². The third-order valence-corrected chi connectivity index (χ3v) is 4.33. The van der Waals surface area contributed by atoms with Gasteiger partial charge < -0.3 is 20.1 Å². The van der Waals surface area contributed by atoms with Crippen LogP contribution in [0.1, 0.15) is 25.3 Å². The van der Waals surface area contributed by atoms with E-state index in [4.69, 9.17) is 9.47 Å². The molecule has 6 heteroatoms. The lowest BCUT2D eigenvalue weighted by molar-refractivity contribution is 0.355. The number of rotatable bonds is 7. The van der Waals surface area contributed by atoms with Crippen molar-refractivity contribution in [1.82, 2.24) is 5.32 Å². The van der Waals surface area contributed by atoms with Gasteiger partial charge in [-0.15, -0.1) is 0 Å². The van der Waals surface area contributed by atoms with E-state index in [1.807, 2.05) is 25.1 Å². The topological polar surface area (TPSA) is 54.9 Å². The summed E-state index contributed by atoms with van der Waals surface area (Å²) in [5.41, 5.74) is 2.22. The highest BCUT2D eigenvalue weighted by molar-refractivity contribution is 7.07. The summed E-state index contributed by atoms with van der Waals surface area (Å²) < 4.78 is 10.6. The molecule has 130 valence electrons. The summed E-state index contributed by atoms with van der Waals surface area (Å²) in [6, 6.07) is 7.86. The van der Waals surface area contributed by atoms with E-state index in [1.165, 1.54) is 5.56 Å². The molecule has 0 amide bonds. The first-order chi connectivity index (χ1) is 11.7. The Morgan fingerprint density at radius 3 is 2.62 bits per heavy atom. The van der Waals surface area contributed by atoms with Gasteiger partial charge in [0.2, 0.25) is 0 Å². The summed E-state index contributed by atoms with van der Waals surface area (Å²) in [6.45, 7) is 5.75. The van der Waals surface area contributed by atoms with E-state index in [9.17, 15) is 0 Å². The maximum atomic E-state index is 5.34. The Balaban J connectivity index is 2.08. The van der Waals surface area contributed by atoms with Gasteiger partial charge in [0.1, 0.15) is 0 Å². The lowest BCUT2D eigenvalue weighted by Gasteiger charge is -2.15. The van der Waals surface area contributed by atoms with E-state index in [1.54, 1.807) is 25.6 Å². The molecule has 5 nitrogen and oxygen atoms in total. The van der Waals surface area contributed by atoms with Crippen LogP contribution in [0.15, 0.2) is 40.0 Å². The Morgan fingerprint density at radius 1 is 1.21 bits per heavy atom. The van der Waals surface area contributed by atoms with Gasteiger partial charge >= 0.3 is 0 Å². The summed E-state index contributed by atoms with van der Waals surface area (Å²) >= 11 is 1.72. The molecule has 0 spiro atoms. The molecule has 2 N–H and O–H groups in total. The summed E-state index contributed by atoms with van der Waals surface area (Å²) in [5, 5.41) is 10.9. The summed E-state index contributed by atoms with van der Waals surface area (Å²) in [6.07, 6.45) is 0. The molecular weight excluding hydrogens is 322 g/mol. The zero-order valence-corrected chi connectivity index (χ0v) is 15.4. The average Bonchev–Trinajstić information content (AvgIpc) is 3.14.